The molecule has 1 aliphatic carbocycles. The number of hydrogen-bond donors (Lipinski definition) is 2. The minimum atomic E-state index is -1.09. The van der Waals surface area contributed by atoms with Gasteiger partial charge in [-0.05, 0) is 36.1 Å². The van der Waals surface area contributed by atoms with Crippen LogP contribution in [-0.4, -0.2) is 51.9 Å². The van der Waals surface area contributed by atoms with Crippen molar-refractivity contribution in [2.75, 3.05) is 40.4 Å². The van der Waals surface area contributed by atoms with Crippen LogP contribution in [0.3, 0.4) is 0 Å². The van der Waals surface area contributed by atoms with Crippen molar-refractivity contribution in [3.05, 3.63) is 82.6 Å². The van der Waals surface area contributed by atoms with Crippen molar-refractivity contribution in [1.82, 2.24) is 0 Å². The first-order chi connectivity index (χ1) is 19.4. The highest BCUT2D eigenvalue weighted by atomic mass is 16.5. The number of Topliss-reactive ketones (excluding diaryl/α,β-unsaturated/α-hetero) is 1. The standard InChI is InChI=1S/C31H31NO8/c1-36-19-14-22-31(27(15-19)39-4)29(20-7-5-6-8-24(20)40-16-28(34)35)30-21(32-22)11-18(12-23(30)33)17-9-10-25(37-2)26(13-17)38-3/h5-10,13-15,18,29,32H,11-12,16H2,1-4H3,(H,34,35). The fourth-order valence-electron chi connectivity index (χ4n) is 5.62. The van der Waals surface area contributed by atoms with Crippen LogP contribution < -0.4 is 29.0 Å². The number of ether oxygens (including phenoxy) is 5. The molecule has 1 heterocycles. The summed E-state index contributed by atoms with van der Waals surface area (Å²) in [5.74, 6) is 1.01. The Morgan fingerprint density at radius 1 is 0.875 bits per heavy atom. The smallest absolute Gasteiger partial charge is 0.341 e. The number of carboxylic acids is 1. The lowest BCUT2D eigenvalue weighted by Crippen LogP contribution is -2.30. The molecule has 0 saturated carbocycles. The third kappa shape index (κ3) is 4.90. The van der Waals surface area contributed by atoms with Gasteiger partial charge < -0.3 is 34.1 Å². The molecule has 3 aromatic rings. The summed E-state index contributed by atoms with van der Waals surface area (Å²) >= 11 is 0. The third-order valence-electron chi connectivity index (χ3n) is 7.40. The number of methoxy groups -OCH3 is 4. The Morgan fingerprint density at radius 2 is 1.62 bits per heavy atom. The van der Waals surface area contributed by atoms with Crippen molar-refractivity contribution in [3.8, 4) is 28.7 Å². The normalized spacial score (nSPS) is 17.8. The Bertz CT molecular complexity index is 1490. The van der Waals surface area contributed by atoms with Crippen LogP contribution in [0, 0.1) is 0 Å². The van der Waals surface area contributed by atoms with Gasteiger partial charge in [0.05, 0.1) is 28.4 Å². The van der Waals surface area contributed by atoms with Gasteiger partial charge in [-0.2, -0.15) is 0 Å². The predicted molar refractivity (Wildman–Crippen MR) is 148 cm³/mol. The summed E-state index contributed by atoms with van der Waals surface area (Å²) in [5.41, 5.74) is 4.55. The number of allylic oxidation sites excluding steroid dienone is 2. The Morgan fingerprint density at radius 3 is 2.33 bits per heavy atom. The number of hydrogen-bond acceptors (Lipinski definition) is 8. The lowest BCUT2D eigenvalue weighted by Gasteiger charge is -2.38. The molecule has 2 unspecified atom stereocenters. The second-order valence-corrected chi connectivity index (χ2v) is 9.60. The largest absolute Gasteiger partial charge is 0.497 e. The molecule has 9 nitrogen and oxygen atoms in total. The van der Waals surface area contributed by atoms with Crippen LogP contribution in [0.25, 0.3) is 0 Å². The fourth-order valence-corrected chi connectivity index (χ4v) is 5.62. The molecule has 0 bridgehead atoms. The van der Waals surface area contributed by atoms with Gasteiger partial charge in [0.2, 0.25) is 0 Å². The SMILES string of the molecule is COc1cc2c(c(OC)c1)C(c1ccccc1OCC(=O)O)C1=C(CC(c3ccc(OC)c(OC)c3)CC1=O)N2. The maximum atomic E-state index is 14.0. The zero-order valence-electron chi connectivity index (χ0n) is 22.8. The molecule has 208 valence electrons. The van der Waals surface area contributed by atoms with E-state index in [1.165, 1.54) is 0 Å². The van der Waals surface area contributed by atoms with Crippen molar-refractivity contribution in [1.29, 1.82) is 0 Å². The molecule has 0 fully saturated rings. The van der Waals surface area contributed by atoms with Gasteiger partial charge in [0.1, 0.15) is 17.2 Å². The molecule has 1 aliphatic heterocycles. The van der Waals surface area contributed by atoms with Crippen molar-refractivity contribution in [2.24, 2.45) is 0 Å². The van der Waals surface area contributed by atoms with Crippen LogP contribution in [0.5, 0.6) is 28.7 Å². The molecule has 0 spiro atoms. The average Bonchev–Trinajstić information content (AvgIpc) is 2.97. The zero-order valence-corrected chi connectivity index (χ0v) is 22.8. The molecule has 0 radical (unpaired) electrons. The van der Waals surface area contributed by atoms with E-state index in [4.69, 9.17) is 23.7 Å². The number of fused-ring (bicyclic) bond motifs is 1. The quantitative estimate of drug-likeness (QED) is 0.377. The van der Waals surface area contributed by atoms with Crippen molar-refractivity contribution in [2.45, 2.75) is 24.7 Å². The lowest BCUT2D eigenvalue weighted by molar-refractivity contribution is -0.139. The number of rotatable bonds is 9. The number of aliphatic carboxylic acids is 1. The molecule has 2 aliphatic rings. The molecule has 5 rings (SSSR count). The molecular weight excluding hydrogens is 514 g/mol. The van der Waals surface area contributed by atoms with Gasteiger partial charge in [0.25, 0.3) is 0 Å². The summed E-state index contributed by atoms with van der Waals surface area (Å²) in [6.45, 7) is -0.504. The van der Waals surface area contributed by atoms with Gasteiger partial charge >= 0.3 is 5.97 Å². The van der Waals surface area contributed by atoms with E-state index in [1.54, 1.807) is 46.6 Å². The Hall–Kier alpha value is -4.66. The van der Waals surface area contributed by atoms with E-state index < -0.39 is 18.5 Å². The number of para-hydroxylation sites is 1. The van der Waals surface area contributed by atoms with Gasteiger partial charge in [-0.25, -0.2) is 4.79 Å². The maximum Gasteiger partial charge on any atom is 0.341 e. The van der Waals surface area contributed by atoms with Crippen LogP contribution in [-0.2, 0) is 9.59 Å². The number of ketones is 1. The van der Waals surface area contributed by atoms with E-state index in [-0.39, 0.29) is 11.7 Å². The first kappa shape index (κ1) is 26.9. The summed E-state index contributed by atoms with van der Waals surface area (Å²) in [6, 6.07) is 16.6. The van der Waals surface area contributed by atoms with Crippen molar-refractivity contribution >= 4 is 17.4 Å². The summed E-state index contributed by atoms with van der Waals surface area (Å²) in [5, 5.41) is 12.8. The Labute approximate surface area is 232 Å². The Balaban J connectivity index is 1.66. The van der Waals surface area contributed by atoms with E-state index >= 15 is 0 Å². The third-order valence-corrected chi connectivity index (χ3v) is 7.40. The lowest BCUT2D eigenvalue weighted by atomic mass is 9.71. The number of carbonyl (C=O) groups is 2. The molecule has 9 heteroatoms. The minimum Gasteiger partial charge on any atom is -0.497 e. The topological polar surface area (TPSA) is 113 Å². The average molecular weight is 546 g/mol. The minimum absolute atomic E-state index is 0.0184. The van der Waals surface area contributed by atoms with Gasteiger partial charge in [0, 0.05) is 52.6 Å². The van der Waals surface area contributed by atoms with Gasteiger partial charge in [-0.3, -0.25) is 4.79 Å². The molecular formula is C31H31NO8. The van der Waals surface area contributed by atoms with Crippen LogP contribution >= 0.6 is 0 Å². The molecule has 3 aromatic carbocycles. The monoisotopic (exact) mass is 545 g/mol. The summed E-state index contributed by atoms with van der Waals surface area (Å²) in [7, 11) is 6.32. The van der Waals surface area contributed by atoms with E-state index in [0.717, 1.165) is 22.5 Å². The number of nitrogens with one attached hydrogen (secondary N) is 1. The predicted octanol–water partition coefficient (Wildman–Crippen LogP) is 5.14. The Kier molecular flexibility index (Phi) is 7.55. The molecule has 40 heavy (non-hydrogen) atoms. The van der Waals surface area contributed by atoms with Crippen LogP contribution in [0.2, 0.25) is 0 Å². The van der Waals surface area contributed by atoms with Crippen LogP contribution in [0.4, 0.5) is 5.69 Å². The van der Waals surface area contributed by atoms with Crippen molar-refractivity contribution in [3.63, 3.8) is 0 Å². The first-order valence-electron chi connectivity index (χ1n) is 12.8. The molecule has 0 amide bonds. The van der Waals surface area contributed by atoms with E-state index in [0.29, 0.717) is 52.7 Å². The highest BCUT2D eigenvalue weighted by molar-refractivity contribution is 6.02. The van der Waals surface area contributed by atoms with Crippen molar-refractivity contribution < 1.29 is 38.4 Å². The van der Waals surface area contributed by atoms with E-state index in [2.05, 4.69) is 5.32 Å². The number of benzene rings is 3. The summed E-state index contributed by atoms with van der Waals surface area (Å²) in [4.78, 5) is 25.3. The highest BCUT2D eigenvalue weighted by Gasteiger charge is 2.41. The molecule has 0 aromatic heterocycles. The van der Waals surface area contributed by atoms with E-state index in [1.807, 2.05) is 36.4 Å². The maximum absolute atomic E-state index is 14.0. The van der Waals surface area contributed by atoms with Gasteiger partial charge in [-0.15, -0.1) is 0 Å². The molecule has 2 atom stereocenters. The molecule has 0 saturated heterocycles. The number of carbonyl (C=O) groups excluding carboxylic acids is 1. The fraction of sp³-hybridized carbons (Fsp3) is 0.290. The van der Waals surface area contributed by atoms with Gasteiger partial charge in [-0.1, -0.05) is 24.3 Å². The first-order valence-corrected chi connectivity index (χ1v) is 12.8. The second-order valence-electron chi connectivity index (χ2n) is 9.60. The summed E-state index contributed by atoms with van der Waals surface area (Å²) in [6.07, 6.45) is 0.864. The zero-order chi connectivity index (χ0) is 28.4. The van der Waals surface area contributed by atoms with E-state index in [9.17, 15) is 14.7 Å². The molecule has 2 N–H and O–H groups in total. The van der Waals surface area contributed by atoms with Crippen LogP contribution in [0.15, 0.2) is 65.9 Å². The van der Waals surface area contributed by atoms with Crippen LogP contribution in [0.1, 0.15) is 41.4 Å². The second kappa shape index (κ2) is 11.2. The summed E-state index contributed by atoms with van der Waals surface area (Å²) < 4.78 is 27.9. The number of anilines is 1. The number of carboxylic acid groups (broad SMARTS) is 1. The van der Waals surface area contributed by atoms with Gasteiger partial charge in [0.15, 0.2) is 23.9 Å². The highest BCUT2D eigenvalue weighted by Crippen LogP contribution is 2.53.